The van der Waals surface area contributed by atoms with E-state index in [-0.39, 0.29) is 11.3 Å². The standard InChI is InChI=1S/C12H8N2O6S/c15-11(10-2-1-5-21-10)13-20-9-4-3-7(12(16)17)6-8(9)14(18)19/h1-6H,(H,13,15)(H,16,17). The Kier molecular flexibility index (Phi) is 4.14. The molecule has 21 heavy (non-hydrogen) atoms. The highest BCUT2D eigenvalue weighted by atomic mass is 32.1. The third-order valence-corrected chi connectivity index (χ3v) is 3.27. The van der Waals surface area contributed by atoms with Gasteiger partial charge in [0.2, 0.25) is 5.75 Å². The SMILES string of the molecule is O=C(O)c1ccc(ONC(=O)c2cccs2)c([N+](=O)[O-])c1. The van der Waals surface area contributed by atoms with Crippen molar-refractivity contribution in [2.24, 2.45) is 0 Å². The van der Waals surface area contributed by atoms with Gasteiger partial charge in [-0.25, -0.2) is 4.79 Å². The molecule has 0 saturated heterocycles. The molecule has 0 spiro atoms. The number of benzene rings is 1. The number of carbonyl (C=O) groups is 2. The van der Waals surface area contributed by atoms with E-state index in [9.17, 15) is 19.7 Å². The molecule has 1 aromatic heterocycles. The maximum atomic E-state index is 11.6. The Morgan fingerprint density at radius 3 is 2.67 bits per heavy atom. The number of nitro groups is 1. The van der Waals surface area contributed by atoms with Gasteiger partial charge < -0.3 is 9.94 Å². The van der Waals surface area contributed by atoms with Crippen molar-refractivity contribution < 1.29 is 24.5 Å². The summed E-state index contributed by atoms with van der Waals surface area (Å²) in [6.07, 6.45) is 0. The summed E-state index contributed by atoms with van der Waals surface area (Å²) in [5, 5.41) is 21.4. The number of hydrogen-bond acceptors (Lipinski definition) is 6. The molecule has 2 aromatic rings. The van der Waals surface area contributed by atoms with E-state index in [4.69, 9.17) is 9.94 Å². The fourth-order valence-corrected chi connectivity index (χ4v) is 2.05. The second-order valence-electron chi connectivity index (χ2n) is 3.76. The predicted octanol–water partition coefficient (Wildman–Crippen LogP) is 2.08. The lowest BCUT2D eigenvalue weighted by Gasteiger charge is -2.07. The molecule has 0 aliphatic rings. The summed E-state index contributed by atoms with van der Waals surface area (Å²) in [5.74, 6) is -2.11. The maximum absolute atomic E-state index is 11.6. The van der Waals surface area contributed by atoms with Gasteiger partial charge in [0.05, 0.1) is 15.4 Å². The quantitative estimate of drug-likeness (QED) is 0.644. The van der Waals surface area contributed by atoms with E-state index in [2.05, 4.69) is 5.48 Å². The zero-order valence-electron chi connectivity index (χ0n) is 10.3. The van der Waals surface area contributed by atoms with Crippen molar-refractivity contribution in [1.82, 2.24) is 5.48 Å². The highest BCUT2D eigenvalue weighted by Gasteiger charge is 2.20. The van der Waals surface area contributed by atoms with Gasteiger partial charge in [-0.1, -0.05) is 6.07 Å². The minimum atomic E-state index is -1.30. The number of carboxylic acid groups (broad SMARTS) is 1. The fourth-order valence-electron chi connectivity index (χ4n) is 1.44. The van der Waals surface area contributed by atoms with Crippen molar-refractivity contribution in [1.29, 1.82) is 0 Å². The molecule has 0 radical (unpaired) electrons. The molecule has 9 heteroatoms. The van der Waals surface area contributed by atoms with Gasteiger partial charge in [0, 0.05) is 6.07 Å². The number of thiophene rings is 1. The van der Waals surface area contributed by atoms with E-state index in [1.165, 1.54) is 11.3 Å². The Hall–Kier alpha value is -2.94. The minimum absolute atomic E-state index is 0.251. The van der Waals surface area contributed by atoms with Crippen molar-refractivity contribution >= 4 is 28.9 Å². The van der Waals surface area contributed by atoms with Gasteiger partial charge in [-0.15, -0.1) is 11.3 Å². The number of hydrogen-bond donors (Lipinski definition) is 2. The third-order valence-electron chi connectivity index (χ3n) is 2.40. The molecule has 0 bridgehead atoms. The molecule has 1 heterocycles. The number of aromatic carboxylic acids is 1. The summed E-state index contributed by atoms with van der Waals surface area (Å²) in [7, 11) is 0. The van der Waals surface area contributed by atoms with Gasteiger partial charge in [0.25, 0.3) is 5.91 Å². The van der Waals surface area contributed by atoms with E-state index >= 15 is 0 Å². The van der Waals surface area contributed by atoms with Crippen molar-refractivity contribution in [3.63, 3.8) is 0 Å². The summed E-state index contributed by atoms with van der Waals surface area (Å²) in [5.41, 5.74) is 1.26. The normalized spacial score (nSPS) is 9.90. The fraction of sp³-hybridized carbons (Fsp3) is 0. The highest BCUT2D eigenvalue weighted by Crippen LogP contribution is 2.27. The number of amides is 1. The van der Waals surface area contributed by atoms with Crippen LogP contribution >= 0.6 is 11.3 Å². The first kappa shape index (κ1) is 14.5. The molecule has 0 saturated carbocycles. The van der Waals surface area contributed by atoms with Crippen molar-refractivity contribution in [3.05, 3.63) is 56.3 Å². The van der Waals surface area contributed by atoms with Gasteiger partial charge >= 0.3 is 11.7 Å². The number of carbonyl (C=O) groups excluding carboxylic acids is 1. The summed E-state index contributed by atoms with van der Waals surface area (Å²) in [4.78, 5) is 37.8. The summed E-state index contributed by atoms with van der Waals surface area (Å²) >= 11 is 1.18. The Labute approximate surface area is 121 Å². The van der Waals surface area contributed by atoms with Gasteiger partial charge in [0.1, 0.15) is 0 Å². The number of nitrogens with one attached hydrogen (secondary N) is 1. The Bertz CT molecular complexity index is 698. The molecular formula is C12H8N2O6S. The van der Waals surface area contributed by atoms with Crippen molar-refractivity contribution in [3.8, 4) is 5.75 Å². The van der Waals surface area contributed by atoms with Crippen LogP contribution in [0.4, 0.5) is 5.69 Å². The number of carboxylic acids is 1. The molecule has 8 nitrogen and oxygen atoms in total. The minimum Gasteiger partial charge on any atom is -0.478 e. The Morgan fingerprint density at radius 1 is 1.33 bits per heavy atom. The molecule has 0 fully saturated rings. The van der Waals surface area contributed by atoms with Crippen LogP contribution in [0.3, 0.4) is 0 Å². The third kappa shape index (κ3) is 3.34. The smallest absolute Gasteiger partial charge is 0.335 e. The molecule has 108 valence electrons. The average Bonchev–Trinajstić information content (AvgIpc) is 2.98. The van der Waals surface area contributed by atoms with Crippen LogP contribution in [0, 0.1) is 10.1 Å². The van der Waals surface area contributed by atoms with Gasteiger partial charge in [-0.2, -0.15) is 5.48 Å². The first-order chi connectivity index (χ1) is 9.99. The van der Waals surface area contributed by atoms with Crippen LogP contribution in [0.15, 0.2) is 35.7 Å². The maximum Gasteiger partial charge on any atom is 0.335 e. The van der Waals surface area contributed by atoms with E-state index in [0.717, 1.165) is 18.2 Å². The molecule has 0 unspecified atom stereocenters. The molecule has 0 aliphatic heterocycles. The molecule has 2 N–H and O–H groups in total. The van der Waals surface area contributed by atoms with E-state index in [1.807, 2.05) is 0 Å². The summed E-state index contributed by atoms with van der Waals surface area (Å²) < 4.78 is 0. The second-order valence-corrected chi connectivity index (χ2v) is 4.70. The lowest BCUT2D eigenvalue weighted by Crippen LogP contribution is -2.26. The predicted molar refractivity (Wildman–Crippen MR) is 72.5 cm³/mol. The van der Waals surface area contributed by atoms with E-state index in [0.29, 0.717) is 4.88 Å². The summed E-state index contributed by atoms with van der Waals surface area (Å²) in [6.45, 7) is 0. The Morgan fingerprint density at radius 2 is 2.10 bits per heavy atom. The zero-order chi connectivity index (χ0) is 15.4. The zero-order valence-corrected chi connectivity index (χ0v) is 11.1. The molecule has 0 atom stereocenters. The molecule has 1 amide bonds. The second kappa shape index (κ2) is 6.01. The van der Waals surface area contributed by atoms with Crippen molar-refractivity contribution in [2.75, 3.05) is 0 Å². The number of rotatable bonds is 5. The van der Waals surface area contributed by atoms with Crippen molar-refractivity contribution in [2.45, 2.75) is 0 Å². The lowest BCUT2D eigenvalue weighted by molar-refractivity contribution is -0.386. The largest absolute Gasteiger partial charge is 0.478 e. The number of hydroxylamine groups is 1. The first-order valence-electron chi connectivity index (χ1n) is 5.51. The molecule has 1 aromatic carbocycles. The monoisotopic (exact) mass is 308 g/mol. The van der Waals surface area contributed by atoms with Gasteiger partial charge in [0.15, 0.2) is 0 Å². The molecule has 0 aliphatic carbocycles. The number of nitrogens with zero attached hydrogens (tertiary/aromatic N) is 1. The van der Waals surface area contributed by atoms with Crippen LogP contribution in [0.25, 0.3) is 0 Å². The topological polar surface area (TPSA) is 119 Å². The van der Waals surface area contributed by atoms with Crippen LogP contribution in [-0.4, -0.2) is 21.9 Å². The van der Waals surface area contributed by atoms with Crippen LogP contribution in [-0.2, 0) is 0 Å². The van der Waals surface area contributed by atoms with Gasteiger partial charge in [-0.05, 0) is 23.6 Å². The first-order valence-corrected chi connectivity index (χ1v) is 6.39. The Balaban J connectivity index is 2.18. The van der Waals surface area contributed by atoms with Crippen LogP contribution < -0.4 is 10.3 Å². The van der Waals surface area contributed by atoms with E-state index < -0.39 is 22.5 Å². The van der Waals surface area contributed by atoms with Gasteiger partial charge in [-0.3, -0.25) is 14.9 Å². The number of nitro benzene ring substituents is 1. The lowest BCUT2D eigenvalue weighted by atomic mass is 10.2. The van der Waals surface area contributed by atoms with Crippen LogP contribution in [0.2, 0.25) is 0 Å². The molecule has 2 rings (SSSR count). The van der Waals surface area contributed by atoms with Crippen LogP contribution in [0.5, 0.6) is 5.75 Å². The average molecular weight is 308 g/mol. The highest BCUT2D eigenvalue weighted by molar-refractivity contribution is 7.12. The summed E-state index contributed by atoms with van der Waals surface area (Å²) in [6, 6.07) is 6.34. The van der Waals surface area contributed by atoms with E-state index in [1.54, 1.807) is 17.5 Å². The molecular weight excluding hydrogens is 300 g/mol. The van der Waals surface area contributed by atoms with Crippen LogP contribution in [0.1, 0.15) is 20.0 Å².